The fraction of sp³-hybridized carbons (Fsp3) is 0.889. The number of carbonyl (C=O) groups is 3. The maximum absolute atomic E-state index is 14.0. The van der Waals surface area contributed by atoms with Crippen LogP contribution in [0.5, 0.6) is 0 Å². The molecule has 41 heavy (non-hydrogen) atoms. The van der Waals surface area contributed by atoms with Crippen LogP contribution >= 0.6 is 0 Å². The summed E-state index contributed by atoms with van der Waals surface area (Å²) >= 11 is 0. The Labute approximate surface area is 246 Å². The summed E-state index contributed by atoms with van der Waals surface area (Å²) in [4.78, 5) is 42.0. The number of nitrogens with zero attached hydrogens (tertiary/aromatic N) is 2. The summed E-state index contributed by atoms with van der Waals surface area (Å²) in [5.74, 6) is -1.71. The van der Waals surface area contributed by atoms with Crippen LogP contribution in [0.4, 0.5) is 4.79 Å². The monoisotopic (exact) mass is 601 g/mol. The summed E-state index contributed by atoms with van der Waals surface area (Å²) in [7, 11) is -3.67. The number of likely N-dealkylation sites (N-methyl/N-ethyl adjacent to an activating group) is 1. The third kappa shape index (κ3) is 10.1. The number of rotatable bonds is 13. The highest BCUT2D eigenvalue weighted by Gasteiger charge is 2.42. The number of amides is 4. The molecule has 2 rings (SSSR count). The molecule has 0 aromatic rings. The van der Waals surface area contributed by atoms with Crippen LogP contribution in [0.1, 0.15) is 92.4 Å². The van der Waals surface area contributed by atoms with E-state index in [9.17, 15) is 32.8 Å². The number of hydrogen-bond donors (Lipinski definition) is 5. The van der Waals surface area contributed by atoms with Gasteiger partial charge in [0, 0.05) is 26.2 Å². The average molecular weight is 602 g/mol. The largest absolute Gasteiger partial charge is 0.475 e. The highest BCUT2D eigenvalue weighted by molar-refractivity contribution is 7.89. The van der Waals surface area contributed by atoms with Crippen molar-refractivity contribution in [3.05, 3.63) is 0 Å². The van der Waals surface area contributed by atoms with Crippen molar-refractivity contribution in [2.75, 3.05) is 25.9 Å². The quantitative estimate of drug-likeness (QED) is 0.198. The van der Waals surface area contributed by atoms with Crippen molar-refractivity contribution in [3.8, 4) is 0 Å². The first-order valence-corrected chi connectivity index (χ1v) is 16.7. The zero-order chi connectivity index (χ0) is 31.0. The van der Waals surface area contributed by atoms with Crippen molar-refractivity contribution in [2.45, 2.75) is 116 Å². The first-order chi connectivity index (χ1) is 19.1. The summed E-state index contributed by atoms with van der Waals surface area (Å²) < 4.78 is 26.0. The van der Waals surface area contributed by atoms with Gasteiger partial charge in [-0.05, 0) is 50.4 Å². The predicted octanol–water partition coefficient (Wildman–Crippen LogP) is 1.22. The number of likely N-dealkylation sites (tertiary alicyclic amines) is 1. The van der Waals surface area contributed by atoms with Gasteiger partial charge in [-0.25, -0.2) is 17.5 Å². The van der Waals surface area contributed by atoms with E-state index < -0.39 is 58.6 Å². The fourth-order valence-electron chi connectivity index (χ4n) is 5.68. The van der Waals surface area contributed by atoms with E-state index in [1.807, 2.05) is 27.7 Å². The Kier molecular flexibility index (Phi) is 13.4. The Morgan fingerprint density at radius 3 is 2.17 bits per heavy atom. The summed E-state index contributed by atoms with van der Waals surface area (Å²) in [6.07, 6.45) is 6.61. The third-order valence-electron chi connectivity index (χ3n) is 8.43. The minimum absolute atomic E-state index is 0.0498. The second-order valence-electron chi connectivity index (χ2n) is 12.6. The van der Waals surface area contributed by atoms with Gasteiger partial charge in [0.2, 0.25) is 21.8 Å². The smallest absolute Gasteiger partial charge is 0.426 e. The van der Waals surface area contributed by atoms with E-state index in [4.69, 9.17) is 0 Å². The van der Waals surface area contributed by atoms with E-state index in [0.29, 0.717) is 32.2 Å². The standard InChI is InChI=1S/C27H52BN5O7S/c1-7-13-22(28(37)38)30-24(34)20-16-12-17-33(20)25(35)23(19-14-10-9-11-15-19)31-26(36)29-21(27(3,4)5)18-32(6)41(39,40)8-2/h19-23,37-38H,7-18H2,1-6H3,(H,30,34)(H2,29,31,36)/t20-,21+,22-,23-/m0/s1. The lowest BCUT2D eigenvalue weighted by atomic mass is 9.76. The van der Waals surface area contributed by atoms with E-state index in [1.54, 1.807) is 6.92 Å². The van der Waals surface area contributed by atoms with Crippen molar-refractivity contribution < 1.29 is 32.8 Å². The Morgan fingerprint density at radius 2 is 1.63 bits per heavy atom. The number of carbonyl (C=O) groups excluding carboxylic acids is 3. The lowest BCUT2D eigenvalue weighted by Gasteiger charge is -2.37. The highest BCUT2D eigenvalue weighted by Crippen LogP contribution is 2.30. The third-order valence-corrected chi connectivity index (χ3v) is 10.3. The molecule has 0 unspecified atom stereocenters. The maximum Gasteiger partial charge on any atom is 0.475 e. The van der Waals surface area contributed by atoms with Crippen LogP contribution in [0.25, 0.3) is 0 Å². The van der Waals surface area contributed by atoms with E-state index in [2.05, 4.69) is 16.0 Å². The normalized spacial score (nSPS) is 20.8. The molecule has 0 radical (unpaired) electrons. The minimum atomic E-state index is -3.45. The van der Waals surface area contributed by atoms with Gasteiger partial charge in [0.15, 0.2) is 0 Å². The Balaban J connectivity index is 2.23. The van der Waals surface area contributed by atoms with Crippen molar-refractivity contribution in [2.24, 2.45) is 11.3 Å². The van der Waals surface area contributed by atoms with Crippen LogP contribution in [0.2, 0.25) is 0 Å². The number of hydrogen-bond acceptors (Lipinski definition) is 7. The molecular weight excluding hydrogens is 549 g/mol. The molecule has 1 aliphatic heterocycles. The first-order valence-electron chi connectivity index (χ1n) is 15.1. The SMILES string of the molecule is CCC[C@H](NC(=O)[C@@H]1CCCN1C(=O)[C@@H](NC(=O)N[C@H](CN(C)S(=O)(=O)CC)C(C)(C)C)C1CCCCC1)B(O)O. The zero-order valence-electron chi connectivity index (χ0n) is 25.7. The molecule has 0 spiro atoms. The van der Waals surface area contributed by atoms with Crippen LogP contribution in [-0.4, -0.2) is 103 Å². The van der Waals surface area contributed by atoms with Gasteiger partial charge in [-0.2, -0.15) is 0 Å². The van der Waals surface area contributed by atoms with Crippen LogP contribution in [0.3, 0.4) is 0 Å². The molecule has 12 nitrogen and oxygen atoms in total. The Bertz CT molecular complexity index is 985. The molecule has 14 heteroatoms. The molecule has 4 amide bonds. The van der Waals surface area contributed by atoms with Crippen molar-refractivity contribution in [1.29, 1.82) is 0 Å². The van der Waals surface area contributed by atoms with Crippen LogP contribution in [0, 0.1) is 11.3 Å². The van der Waals surface area contributed by atoms with Gasteiger partial charge in [-0.1, -0.05) is 53.4 Å². The van der Waals surface area contributed by atoms with E-state index in [1.165, 1.54) is 16.3 Å². The summed E-state index contributed by atoms with van der Waals surface area (Å²) in [5, 5.41) is 27.9. The first kappa shape index (κ1) is 35.3. The van der Waals surface area contributed by atoms with Gasteiger partial charge in [0.05, 0.1) is 11.7 Å². The van der Waals surface area contributed by atoms with Gasteiger partial charge >= 0.3 is 13.1 Å². The van der Waals surface area contributed by atoms with E-state index in [-0.39, 0.29) is 24.1 Å². The molecule has 1 heterocycles. The molecule has 5 N–H and O–H groups in total. The van der Waals surface area contributed by atoms with Crippen LogP contribution in [0.15, 0.2) is 0 Å². The fourth-order valence-corrected chi connectivity index (χ4v) is 6.50. The molecule has 2 fully saturated rings. The molecule has 236 valence electrons. The number of sulfonamides is 1. The number of nitrogens with one attached hydrogen (secondary N) is 3. The topological polar surface area (TPSA) is 168 Å². The summed E-state index contributed by atoms with van der Waals surface area (Å²) in [6.45, 7) is 9.64. The van der Waals surface area contributed by atoms with Gasteiger partial charge in [-0.3, -0.25) is 9.59 Å². The van der Waals surface area contributed by atoms with Crippen molar-refractivity contribution in [3.63, 3.8) is 0 Å². The maximum atomic E-state index is 14.0. The van der Waals surface area contributed by atoms with Crippen molar-refractivity contribution >= 4 is 35.0 Å². The molecule has 1 saturated heterocycles. The minimum Gasteiger partial charge on any atom is -0.426 e. The predicted molar refractivity (Wildman–Crippen MR) is 159 cm³/mol. The Morgan fingerprint density at radius 1 is 1.00 bits per heavy atom. The highest BCUT2D eigenvalue weighted by atomic mass is 32.2. The van der Waals surface area contributed by atoms with Gasteiger partial charge in [0.1, 0.15) is 12.1 Å². The molecule has 0 aromatic carbocycles. The van der Waals surface area contributed by atoms with Crippen molar-refractivity contribution in [1.82, 2.24) is 25.2 Å². The van der Waals surface area contributed by atoms with Gasteiger partial charge in [0.25, 0.3) is 0 Å². The van der Waals surface area contributed by atoms with Gasteiger partial charge in [-0.15, -0.1) is 0 Å². The van der Waals surface area contributed by atoms with Gasteiger partial charge < -0.3 is 30.9 Å². The molecule has 1 aliphatic carbocycles. The molecule has 2 aliphatic rings. The second kappa shape index (κ2) is 15.5. The molecule has 0 aromatic heterocycles. The molecule has 1 saturated carbocycles. The summed E-state index contributed by atoms with van der Waals surface area (Å²) in [5.41, 5.74) is -0.469. The average Bonchev–Trinajstić information content (AvgIpc) is 3.40. The Hall–Kier alpha value is -1.90. The molecular formula is C27H52BN5O7S. The lowest BCUT2D eigenvalue weighted by Crippen LogP contribution is -2.61. The van der Waals surface area contributed by atoms with E-state index in [0.717, 1.165) is 32.1 Å². The zero-order valence-corrected chi connectivity index (χ0v) is 26.5. The molecule has 4 atom stereocenters. The summed E-state index contributed by atoms with van der Waals surface area (Å²) in [6, 6.07) is -2.67. The second-order valence-corrected chi connectivity index (χ2v) is 15.0. The van der Waals surface area contributed by atoms with Crippen LogP contribution in [-0.2, 0) is 19.6 Å². The lowest BCUT2D eigenvalue weighted by molar-refractivity contribution is -0.141. The van der Waals surface area contributed by atoms with Crippen LogP contribution < -0.4 is 16.0 Å². The molecule has 0 bridgehead atoms. The van der Waals surface area contributed by atoms with E-state index >= 15 is 0 Å². The number of urea groups is 1.